The summed E-state index contributed by atoms with van der Waals surface area (Å²) in [6.07, 6.45) is -4.77. The second-order valence-corrected chi connectivity index (χ2v) is 7.29. The van der Waals surface area contributed by atoms with E-state index in [0.717, 1.165) is 19.2 Å². The maximum Gasteiger partial charge on any atom is 0.417 e. The highest BCUT2D eigenvalue weighted by Crippen LogP contribution is 2.45. The zero-order valence-corrected chi connectivity index (χ0v) is 19.3. The molecule has 0 fully saturated rings. The molecule has 1 atom stereocenters. The molecule has 0 aliphatic carbocycles. The summed E-state index contributed by atoms with van der Waals surface area (Å²) in [5.41, 5.74) is 7.24. The molecule has 0 aromatic heterocycles. The van der Waals surface area contributed by atoms with Gasteiger partial charge in [-0.3, -0.25) is 0 Å². The maximum atomic E-state index is 13.6. The summed E-state index contributed by atoms with van der Waals surface area (Å²) in [5, 5.41) is 5.56. The molecule has 1 aromatic carbocycles. The molecule has 34 heavy (non-hydrogen) atoms. The number of benzene rings is 1. The topological polar surface area (TPSA) is 123 Å². The van der Waals surface area contributed by atoms with Gasteiger partial charge < -0.3 is 19.5 Å². The van der Waals surface area contributed by atoms with E-state index in [1.807, 2.05) is 0 Å². The summed E-state index contributed by atoms with van der Waals surface area (Å²) < 4.78 is 56.1. The van der Waals surface area contributed by atoms with Crippen molar-refractivity contribution in [3.63, 3.8) is 0 Å². The van der Waals surface area contributed by atoms with Crippen molar-refractivity contribution in [1.82, 2.24) is 5.32 Å². The smallest absolute Gasteiger partial charge is 0.417 e. The standard InChI is InChI=1S/C21H22ClF3N4O5/c1-4-34-20(31)17-14(10-33-9-8-27-29-26)28-11(2)15(19(30)32-3)16(17)12-6-5-7-13(18(12)22)21(23,24)25/h5-7,16,28H,4,8-10H2,1-3H3. The van der Waals surface area contributed by atoms with Gasteiger partial charge in [0, 0.05) is 17.2 Å². The van der Waals surface area contributed by atoms with Crippen molar-refractivity contribution in [2.24, 2.45) is 5.11 Å². The zero-order valence-electron chi connectivity index (χ0n) is 18.5. The van der Waals surface area contributed by atoms with Crippen LogP contribution >= 0.6 is 11.6 Å². The molecule has 1 aliphatic heterocycles. The second kappa shape index (κ2) is 11.8. The first-order valence-electron chi connectivity index (χ1n) is 9.98. The van der Waals surface area contributed by atoms with E-state index in [0.29, 0.717) is 0 Å². The van der Waals surface area contributed by atoms with Gasteiger partial charge in [-0.25, -0.2) is 9.59 Å². The molecule has 1 aromatic rings. The maximum absolute atomic E-state index is 13.6. The van der Waals surface area contributed by atoms with Crippen LogP contribution in [0, 0.1) is 0 Å². The summed E-state index contributed by atoms with van der Waals surface area (Å²) in [6, 6.07) is 3.23. The minimum absolute atomic E-state index is 0.00689. The van der Waals surface area contributed by atoms with E-state index in [-0.39, 0.29) is 54.5 Å². The van der Waals surface area contributed by atoms with Crippen LogP contribution in [0.2, 0.25) is 5.02 Å². The number of azide groups is 1. The van der Waals surface area contributed by atoms with E-state index in [2.05, 4.69) is 15.3 Å². The second-order valence-electron chi connectivity index (χ2n) is 6.91. The van der Waals surface area contributed by atoms with E-state index in [1.165, 1.54) is 13.0 Å². The van der Waals surface area contributed by atoms with Gasteiger partial charge in [-0.2, -0.15) is 13.2 Å². The van der Waals surface area contributed by atoms with Crippen molar-refractivity contribution in [3.8, 4) is 0 Å². The van der Waals surface area contributed by atoms with Crippen molar-refractivity contribution in [2.75, 3.05) is 33.5 Å². The largest absolute Gasteiger partial charge is 0.466 e. The van der Waals surface area contributed by atoms with E-state index in [1.54, 1.807) is 6.92 Å². The lowest BCUT2D eigenvalue weighted by Crippen LogP contribution is -2.35. The van der Waals surface area contributed by atoms with Crippen LogP contribution in [-0.4, -0.2) is 45.4 Å². The third-order valence-corrected chi connectivity index (χ3v) is 5.26. The van der Waals surface area contributed by atoms with Crippen molar-refractivity contribution >= 4 is 23.5 Å². The van der Waals surface area contributed by atoms with Crippen molar-refractivity contribution in [1.29, 1.82) is 0 Å². The van der Waals surface area contributed by atoms with E-state index in [4.69, 9.17) is 31.3 Å². The molecular formula is C21H22ClF3N4O5. The van der Waals surface area contributed by atoms with Gasteiger partial charge in [0.25, 0.3) is 0 Å². The number of allylic oxidation sites excluding steroid dienone is 1. The molecule has 2 rings (SSSR count). The quantitative estimate of drug-likeness (QED) is 0.172. The SMILES string of the molecule is CCOC(=O)C1=C(COCCN=[N+]=[N-])NC(C)=C(C(=O)OC)C1c1cccc(C(F)(F)F)c1Cl. The summed E-state index contributed by atoms with van der Waals surface area (Å²) in [4.78, 5) is 28.3. The number of halogens is 4. The first kappa shape index (κ1) is 27.0. The molecule has 1 unspecified atom stereocenters. The lowest BCUT2D eigenvalue weighted by atomic mass is 9.79. The number of carbonyl (C=O) groups is 2. The van der Waals surface area contributed by atoms with Crippen LogP contribution in [0.5, 0.6) is 0 Å². The highest BCUT2D eigenvalue weighted by atomic mass is 35.5. The molecule has 1 aliphatic rings. The number of rotatable bonds is 9. The minimum atomic E-state index is -4.77. The molecule has 184 valence electrons. The summed E-state index contributed by atoms with van der Waals surface area (Å²) in [6.45, 7) is 2.83. The zero-order chi connectivity index (χ0) is 25.5. The molecular weight excluding hydrogens is 481 g/mol. The Hall–Kier alpha value is -3.21. The number of alkyl halides is 3. The summed E-state index contributed by atoms with van der Waals surface area (Å²) >= 11 is 6.18. The van der Waals surface area contributed by atoms with Crippen LogP contribution in [0.1, 0.15) is 30.9 Å². The Bertz CT molecular complexity index is 1060. The van der Waals surface area contributed by atoms with E-state index in [9.17, 15) is 22.8 Å². The first-order valence-corrected chi connectivity index (χ1v) is 10.4. The van der Waals surface area contributed by atoms with Crippen LogP contribution in [0.3, 0.4) is 0 Å². The van der Waals surface area contributed by atoms with Crippen LogP contribution in [0.25, 0.3) is 10.4 Å². The Morgan fingerprint density at radius 1 is 1.26 bits per heavy atom. The highest BCUT2D eigenvalue weighted by Gasteiger charge is 2.42. The van der Waals surface area contributed by atoms with Gasteiger partial charge in [0.2, 0.25) is 0 Å². The Morgan fingerprint density at radius 3 is 2.56 bits per heavy atom. The van der Waals surface area contributed by atoms with Gasteiger partial charge >= 0.3 is 18.1 Å². The van der Waals surface area contributed by atoms with Crippen LogP contribution in [-0.2, 0) is 30.0 Å². The van der Waals surface area contributed by atoms with Gasteiger partial charge in [-0.1, -0.05) is 28.8 Å². The van der Waals surface area contributed by atoms with Gasteiger partial charge in [-0.15, -0.1) is 0 Å². The highest BCUT2D eigenvalue weighted by molar-refractivity contribution is 6.32. The van der Waals surface area contributed by atoms with E-state index < -0.39 is 34.6 Å². The Kier molecular flexibility index (Phi) is 9.36. The van der Waals surface area contributed by atoms with Gasteiger partial charge in [0.1, 0.15) is 0 Å². The van der Waals surface area contributed by atoms with Gasteiger partial charge in [0.15, 0.2) is 0 Å². The molecule has 0 saturated heterocycles. The number of nitrogens with one attached hydrogen (secondary N) is 1. The van der Waals surface area contributed by atoms with Gasteiger partial charge in [0.05, 0.1) is 60.3 Å². The summed E-state index contributed by atoms with van der Waals surface area (Å²) in [5.74, 6) is -3.08. The molecule has 0 saturated carbocycles. The summed E-state index contributed by atoms with van der Waals surface area (Å²) in [7, 11) is 1.11. The number of methoxy groups -OCH3 is 1. The fourth-order valence-corrected chi connectivity index (χ4v) is 3.81. The number of hydrogen-bond acceptors (Lipinski definition) is 7. The number of carbonyl (C=O) groups excluding carboxylic acids is 2. The van der Waals surface area contributed by atoms with Crippen molar-refractivity contribution in [2.45, 2.75) is 25.9 Å². The fraction of sp³-hybridized carbons (Fsp3) is 0.429. The molecule has 0 spiro atoms. The lowest BCUT2D eigenvalue weighted by molar-refractivity contribution is -0.139. The fourth-order valence-electron chi connectivity index (χ4n) is 3.47. The number of nitrogens with zero attached hydrogens (tertiary/aromatic N) is 3. The third kappa shape index (κ3) is 6.02. The monoisotopic (exact) mass is 502 g/mol. The van der Waals surface area contributed by atoms with Crippen LogP contribution < -0.4 is 5.32 Å². The van der Waals surface area contributed by atoms with E-state index >= 15 is 0 Å². The van der Waals surface area contributed by atoms with Crippen LogP contribution in [0.4, 0.5) is 13.2 Å². The third-order valence-electron chi connectivity index (χ3n) is 4.84. The Labute approximate surface area is 198 Å². The Balaban J connectivity index is 2.74. The van der Waals surface area contributed by atoms with Crippen molar-refractivity contribution < 1.29 is 37.0 Å². The van der Waals surface area contributed by atoms with Crippen LogP contribution in [0.15, 0.2) is 45.9 Å². The number of hydrogen-bond donors (Lipinski definition) is 1. The molecule has 9 nitrogen and oxygen atoms in total. The molecule has 1 heterocycles. The molecule has 0 bridgehead atoms. The first-order chi connectivity index (χ1) is 16.1. The normalized spacial score (nSPS) is 16.0. The van der Waals surface area contributed by atoms with Crippen molar-refractivity contribution in [3.05, 3.63) is 67.3 Å². The Morgan fingerprint density at radius 2 is 1.97 bits per heavy atom. The molecule has 1 N–H and O–H groups in total. The number of ether oxygens (including phenoxy) is 3. The molecule has 13 heteroatoms. The molecule has 0 radical (unpaired) electrons. The average molecular weight is 503 g/mol. The predicted octanol–water partition coefficient (Wildman–Crippen LogP) is 4.64. The minimum Gasteiger partial charge on any atom is -0.466 e. The molecule has 0 amide bonds. The van der Waals surface area contributed by atoms with Gasteiger partial charge in [-0.05, 0) is 31.0 Å². The predicted molar refractivity (Wildman–Crippen MR) is 116 cm³/mol. The lowest BCUT2D eigenvalue weighted by Gasteiger charge is -2.32. The number of esters is 2. The average Bonchev–Trinajstić information content (AvgIpc) is 2.77. The number of dihydropyridines is 1.